The lowest BCUT2D eigenvalue weighted by Crippen LogP contribution is -2.32. The number of alkyl carbamates (subject to hydrolysis) is 1. The second-order valence-electron chi connectivity index (χ2n) is 24.8. The van der Waals surface area contributed by atoms with Gasteiger partial charge in [-0.05, 0) is 117 Å². The summed E-state index contributed by atoms with van der Waals surface area (Å²) in [4.78, 5) is 53.1. The molecule has 2 aliphatic carbocycles. The minimum Gasteiger partial charge on any atom is -0.496 e. The van der Waals surface area contributed by atoms with E-state index in [1.807, 2.05) is 68.1 Å². The number of nitrogens with zero attached hydrogens (tertiary/aromatic N) is 1. The standard InChI is InChI=1S/C73H107N3O11/c1-73(2,3)87-71(79)38-22-18-12-10-8-6-5-7-9-11-17-21-37-70(78)76(46-29-48-83-51-53-84-52-50-82-47-28-45-74-72(80)86-57-67-65-34-25-23-32-63(65)64-33-24-26-35-66(64)67)56-61-43-44-62(54-68(61)81-4)85-49-27-36-69(77)75-55-58-39-41-60(42-40-58)59-30-19-15-13-14-16-20-31-59/h23-26,32-35,39-44,54,59,67H,5-22,27-31,36-38,45-53,55-57H2,1-4H3,(H,74,80)(H,75,77). The average molecular weight is 1200 g/mol. The minimum absolute atomic E-state index is 0.00810. The number of carbonyl (C=O) groups is 4. The van der Waals surface area contributed by atoms with Gasteiger partial charge >= 0.3 is 12.1 Å². The Morgan fingerprint density at radius 2 is 1.13 bits per heavy atom. The van der Waals surface area contributed by atoms with Gasteiger partial charge < -0.3 is 48.7 Å². The van der Waals surface area contributed by atoms with Crippen molar-refractivity contribution in [1.29, 1.82) is 0 Å². The average Bonchev–Trinajstić information content (AvgIpc) is 1.84. The van der Waals surface area contributed by atoms with Crippen LogP contribution in [0.4, 0.5) is 4.79 Å². The van der Waals surface area contributed by atoms with Gasteiger partial charge in [0.15, 0.2) is 0 Å². The molecule has 0 spiro atoms. The maximum atomic E-state index is 13.9. The molecule has 1 fully saturated rings. The maximum Gasteiger partial charge on any atom is 0.407 e. The highest BCUT2D eigenvalue weighted by molar-refractivity contribution is 5.79. The fraction of sp³-hybridized carbons (Fsp3) is 0.616. The first kappa shape index (κ1) is 70.1. The summed E-state index contributed by atoms with van der Waals surface area (Å²) in [5.74, 6) is 2.01. The van der Waals surface area contributed by atoms with Gasteiger partial charge in [-0.25, -0.2) is 4.79 Å². The van der Waals surface area contributed by atoms with E-state index in [-0.39, 0.29) is 30.3 Å². The molecule has 1 saturated carbocycles. The van der Waals surface area contributed by atoms with Crippen LogP contribution in [0.5, 0.6) is 11.5 Å². The zero-order valence-electron chi connectivity index (χ0n) is 53.6. The first-order chi connectivity index (χ1) is 42.5. The fourth-order valence-electron chi connectivity index (χ4n) is 11.8. The lowest BCUT2D eigenvalue weighted by molar-refractivity contribution is -0.155. The number of benzene rings is 4. The zero-order valence-corrected chi connectivity index (χ0v) is 53.6. The summed E-state index contributed by atoms with van der Waals surface area (Å²) in [5, 5.41) is 5.93. The van der Waals surface area contributed by atoms with Crippen molar-refractivity contribution in [3.05, 3.63) is 119 Å². The first-order valence-corrected chi connectivity index (χ1v) is 33.4. The van der Waals surface area contributed by atoms with Crippen LogP contribution in [0, 0.1) is 0 Å². The molecule has 3 amide bonds. The Balaban J connectivity index is 0.836. The van der Waals surface area contributed by atoms with Crippen LogP contribution in [0.25, 0.3) is 11.1 Å². The summed E-state index contributed by atoms with van der Waals surface area (Å²) >= 11 is 0. The number of carbonyl (C=O) groups excluding carboxylic acids is 4. The Bertz CT molecular complexity index is 2530. The first-order valence-electron chi connectivity index (χ1n) is 33.4. The minimum atomic E-state index is -0.428. The molecule has 0 unspecified atom stereocenters. The number of nitrogens with one attached hydrogen (secondary N) is 2. The molecule has 14 nitrogen and oxygen atoms in total. The van der Waals surface area contributed by atoms with E-state index in [4.69, 9.17) is 33.2 Å². The molecule has 0 heterocycles. The molecule has 0 radical (unpaired) electrons. The molecule has 4 aromatic carbocycles. The van der Waals surface area contributed by atoms with Gasteiger partial charge in [-0.3, -0.25) is 14.4 Å². The van der Waals surface area contributed by atoms with Gasteiger partial charge in [0.1, 0.15) is 23.7 Å². The Kier molecular flexibility index (Phi) is 33.3. The van der Waals surface area contributed by atoms with Crippen molar-refractivity contribution in [3.63, 3.8) is 0 Å². The van der Waals surface area contributed by atoms with Crippen LogP contribution in [0.2, 0.25) is 0 Å². The van der Waals surface area contributed by atoms with E-state index < -0.39 is 11.7 Å². The Hall–Kier alpha value is -5.96. The lowest BCUT2D eigenvalue weighted by Gasteiger charge is -2.24. The molecule has 0 aromatic heterocycles. The zero-order chi connectivity index (χ0) is 61.6. The summed E-state index contributed by atoms with van der Waals surface area (Å²) in [6, 6.07) is 31.2. The molecule has 0 aliphatic heterocycles. The topological polar surface area (TPSA) is 160 Å². The van der Waals surface area contributed by atoms with Crippen molar-refractivity contribution in [1.82, 2.24) is 15.5 Å². The number of amides is 3. The number of rotatable bonds is 42. The van der Waals surface area contributed by atoms with E-state index in [0.717, 1.165) is 49.7 Å². The highest BCUT2D eigenvalue weighted by Gasteiger charge is 2.29. The number of methoxy groups -OCH3 is 1. The van der Waals surface area contributed by atoms with Crippen LogP contribution in [-0.4, -0.2) is 107 Å². The van der Waals surface area contributed by atoms with Gasteiger partial charge in [-0.15, -0.1) is 0 Å². The van der Waals surface area contributed by atoms with E-state index in [0.29, 0.717) is 128 Å². The summed E-state index contributed by atoms with van der Waals surface area (Å²) < 4.78 is 40.4. The van der Waals surface area contributed by atoms with Crippen molar-refractivity contribution < 1.29 is 52.3 Å². The van der Waals surface area contributed by atoms with Gasteiger partial charge in [0.25, 0.3) is 0 Å². The van der Waals surface area contributed by atoms with Crippen molar-refractivity contribution >= 4 is 23.9 Å². The lowest BCUT2D eigenvalue weighted by atomic mass is 9.89. The van der Waals surface area contributed by atoms with E-state index in [1.54, 1.807) is 7.11 Å². The smallest absolute Gasteiger partial charge is 0.407 e. The molecule has 0 bridgehead atoms. The van der Waals surface area contributed by atoms with E-state index >= 15 is 0 Å². The van der Waals surface area contributed by atoms with Gasteiger partial charge in [-0.2, -0.15) is 0 Å². The molecular formula is C73H107N3O11. The predicted octanol–water partition coefficient (Wildman–Crippen LogP) is 15.9. The van der Waals surface area contributed by atoms with E-state index in [1.165, 1.54) is 118 Å². The van der Waals surface area contributed by atoms with Crippen LogP contribution in [0.3, 0.4) is 0 Å². The number of unbranched alkanes of at least 4 members (excludes halogenated alkanes) is 11. The molecule has 6 rings (SSSR count). The summed E-state index contributed by atoms with van der Waals surface area (Å²) in [7, 11) is 1.64. The van der Waals surface area contributed by atoms with Gasteiger partial charge in [0, 0.05) is 76.2 Å². The third-order valence-electron chi connectivity index (χ3n) is 16.6. The number of hydrogen-bond acceptors (Lipinski definition) is 11. The third kappa shape index (κ3) is 28.0. The molecule has 14 heteroatoms. The highest BCUT2D eigenvalue weighted by Crippen LogP contribution is 2.44. The van der Waals surface area contributed by atoms with Crippen molar-refractivity contribution in [2.24, 2.45) is 0 Å². The Morgan fingerprint density at radius 1 is 0.563 bits per heavy atom. The molecule has 87 heavy (non-hydrogen) atoms. The molecule has 4 aromatic rings. The fourth-order valence-corrected chi connectivity index (χ4v) is 11.8. The van der Waals surface area contributed by atoms with Crippen LogP contribution in [-0.2, 0) is 51.2 Å². The molecule has 480 valence electrons. The van der Waals surface area contributed by atoms with E-state index in [9.17, 15) is 19.2 Å². The summed E-state index contributed by atoms with van der Waals surface area (Å²) in [5.41, 5.74) is 7.80. The highest BCUT2D eigenvalue weighted by atomic mass is 16.6. The normalized spacial score (nSPS) is 13.6. The molecule has 0 saturated heterocycles. The molecular weight excluding hydrogens is 1090 g/mol. The quantitative estimate of drug-likeness (QED) is 0.0321. The Morgan fingerprint density at radius 3 is 1.74 bits per heavy atom. The number of esters is 1. The summed E-state index contributed by atoms with van der Waals surface area (Å²) in [6.07, 6.45) is 26.9. The molecule has 2 aliphatic rings. The monoisotopic (exact) mass is 1200 g/mol. The SMILES string of the molecule is COc1cc(OCCCC(=O)NCc2ccc(C3CCCCCCCC3)cc2)ccc1CN(CCCOCCOCCOCCCNC(=O)OCC1c2ccccc2-c2ccccc21)C(=O)CCCCCCCCCCCCCCC(=O)OC(C)(C)C. The molecule has 0 atom stereocenters. The Labute approximate surface area is 522 Å². The van der Waals surface area contributed by atoms with Crippen molar-refractivity contribution in [2.45, 2.75) is 218 Å². The second-order valence-corrected chi connectivity index (χ2v) is 24.8. The third-order valence-corrected chi connectivity index (χ3v) is 16.6. The molecule has 2 N–H and O–H groups in total. The van der Waals surface area contributed by atoms with Crippen LogP contribution < -0.4 is 20.1 Å². The summed E-state index contributed by atoms with van der Waals surface area (Å²) in [6.45, 7) is 11.1. The van der Waals surface area contributed by atoms with Gasteiger partial charge in [0.2, 0.25) is 11.8 Å². The van der Waals surface area contributed by atoms with Crippen LogP contribution >= 0.6 is 0 Å². The maximum absolute atomic E-state index is 13.9. The second kappa shape index (κ2) is 41.3. The van der Waals surface area contributed by atoms with Gasteiger partial charge in [-0.1, -0.05) is 176 Å². The van der Waals surface area contributed by atoms with Crippen molar-refractivity contribution in [2.75, 3.05) is 73.1 Å². The number of hydrogen-bond donors (Lipinski definition) is 2. The number of fused-ring (bicyclic) bond motifs is 3. The van der Waals surface area contributed by atoms with Gasteiger partial charge in [0.05, 0.1) is 40.1 Å². The van der Waals surface area contributed by atoms with Crippen molar-refractivity contribution in [3.8, 4) is 22.6 Å². The van der Waals surface area contributed by atoms with E-state index in [2.05, 4.69) is 59.2 Å². The largest absolute Gasteiger partial charge is 0.496 e. The predicted molar refractivity (Wildman–Crippen MR) is 346 cm³/mol. The van der Waals surface area contributed by atoms with Crippen LogP contribution in [0.1, 0.15) is 227 Å². The number of ether oxygens (including phenoxy) is 7. The van der Waals surface area contributed by atoms with Crippen LogP contribution in [0.15, 0.2) is 91.0 Å².